The number of nitrogens with zero attached hydrogens (tertiary/aromatic N) is 6. The molecule has 0 unspecified atom stereocenters. The van der Waals surface area contributed by atoms with E-state index in [1.54, 1.807) is 0 Å². The Bertz CT molecular complexity index is 8410. The monoisotopic (exact) mass is 1610 g/mol. The Balaban J connectivity index is 0.000000131. The van der Waals surface area contributed by atoms with Crippen molar-refractivity contribution < 1.29 is 17.7 Å². The van der Waals surface area contributed by atoms with Crippen LogP contribution in [0.2, 0.25) is 0 Å². The summed E-state index contributed by atoms with van der Waals surface area (Å²) in [4.78, 5) is 32.6. The van der Waals surface area contributed by atoms with E-state index in [1.165, 1.54) is 89.0 Å². The maximum absolute atomic E-state index is 6.62. The van der Waals surface area contributed by atoms with Gasteiger partial charge in [0.15, 0.2) is 34.9 Å². The second kappa shape index (κ2) is 26.8. The van der Waals surface area contributed by atoms with Crippen LogP contribution in [0, 0.1) is 0 Å². The van der Waals surface area contributed by atoms with Crippen LogP contribution >= 0.6 is 0 Å². The minimum atomic E-state index is -0.646. The highest BCUT2D eigenvalue weighted by molar-refractivity contribution is 6.16. The van der Waals surface area contributed by atoms with Crippen LogP contribution in [0.5, 0.6) is 0 Å². The standard InChI is InChI=1S/2C58H33N3O2/c1-2-17-35-34(16-1)36-18-3-8-28-46(36)58(47-29-9-4-19-37(35)47)48-30-10-5-22-42(48)52-43(25-15-31-49(52)58)55-59-56(44-26-13-23-40-38-20-6-11-32-50(38)62-53(40)44)61-57(60-55)45-27-14-24-41-39-21-7-12-33-51(39)63-54(41)45;1-2-17-35-34(16-1)36-18-3-8-26-44(36)58(45-27-9-4-19-37(35)45)46-28-10-5-20-38(46)52-41(23-13-29-47(52)58)55-59-56(42-24-14-32-50-53(42)39-21-6-11-30-48(39)62-50)61-57(60-55)43-25-15-33-51-54(43)40-22-7-12-31-49(40)63-51/h2*1-33H. The maximum Gasteiger partial charge on any atom is 0.167 e. The fraction of sp³-hybridized carbons (Fsp3) is 0.0172. The summed E-state index contributed by atoms with van der Waals surface area (Å²) in [6, 6.07) is 142. The van der Waals surface area contributed by atoms with Gasteiger partial charge in [0.05, 0.1) is 22.0 Å². The Morgan fingerprint density at radius 2 is 0.357 bits per heavy atom. The lowest BCUT2D eigenvalue weighted by Gasteiger charge is -2.35. The Morgan fingerprint density at radius 1 is 0.143 bits per heavy atom. The zero-order valence-corrected chi connectivity index (χ0v) is 67.4. The molecule has 0 bridgehead atoms. The Hall–Kier alpha value is -16.8. The molecule has 0 aliphatic heterocycles. The molecule has 6 aromatic heterocycles. The SMILES string of the molecule is c1ccc2c(c1)-c1ccccc1C1(c3ccccc3-2)c2ccccc2-c2c(-c3nc(-c4cccc5c4oc4ccccc45)nc(-c4cccc5c4oc4ccccc45)n3)cccc21.c1ccc2c(c1)-c1ccccc1C1(c3ccccc3-2)c2ccccc2-c2c(-c3nc(-c4cccc5oc6ccccc6c45)nc(-c4cccc5oc6ccccc6c45)n3)cccc21. The molecule has 584 valence electrons. The lowest BCUT2D eigenvalue weighted by molar-refractivity contribution is 0.668. The number of furan rings is 4. The van der Waals surface area contributed by atoms with Crippen LogP contribution in [0.1, 0.15) is 44.5 Å². The first-order chi connectivity index (χ1) is 62.5. The van der Waals surface area contributed by atoms with Gasteiger partial charge in [-0.25, -0.2) is 29.9 Å². The highest BCUT2D eigenvalue weighted by atomic mass is 16.3. The summed E-state index contributed by atoms with van der Waals surface area (Å²) in [6.45, 7) is 0. The predicted octanol–water partition coefficient (Wildman–Crippen LogP) is 29.4. The first kappa shape index (κ1) is 69.9. The number of hydrogen-bond acceptors (Lipinski definition) is 10. The highest BCUT2D eigenvalue weighted by Gasteiger charge is 2.53. The van der Waals surface area contributed by atoms with Crippen LogP contribution < -0.4 is 0 Å². The van der Waals surface area contributed by atoms with Crippen molar-refractivity contribution in [2.75, 3.05) is 0 Å². The van der Waals surface area contributed by atoms with Crippen LogP contribution in [-0.4, -0.2) is 29.9 Å². The smallest absolute Gasteiger partial charge is 0.167 e. The van der Waals surface area contributed by atoms with Gasteiger partial charge in [0.25, 0.3) is 0 Å². The van der Waals surface area contributed by atoms with Gasteiger partial charge >= 0.3 is 0 Å². The molecule has 6 heterocycles. The first-order valence-electron chi connectivity index (χ1n) is 42.7. The van der Waals surface area contributed by atoms with Crippen molar-refractivity contribution in [2.24, 2.45) is 0 Å². The van der Waals surface area contributed by atoms with Gasteiger partial charge in [-0.05, 0) is 160 Å². The van der Waals surface area contributed by atoms with Crippen molar-refractivity contribution in [3.05, 3.63) is 445 Å². The largest absolute Gasteiger partial charge is 0.456 e. The fourth-order valence-corrected chi connectivity index (χ4v) is 21.8. The van der Waals surface area contributed by atoms with E-state index in [4.69, 9.17) is 47.6 Å². The minimum absolute atomic E-state index is 0.520. The Labute approximate surface area is 721 Å². The molecular formula is C116H66N6O4. The number of hydrogen-bond donors (Lipinski definition) is 0. The van der Waals surface area contributed by atoms with E-state index in [0.29, 0.717) is 34.9 Å². The molecule has 18 aromatic carbocycles. The van der Waals surface area contributed by atoms with Gasteiger partial charge in [-0.2, -0.15) is 0 Å². The highest BCUT2D eigenvalue weighted by Crippen LogP contribution is 2.65. The van der Waals surface area contributed by atoms with Crippen LogP contribution in [0.25, 0.3) is 223 Å². The zero-order valence-electron chi connectivity index (χ0n) is 67.4. The van der Waals surface area contributed by atoms with Crippen molar-refractivity contribution in [1.82, 2.24) is 29.9 Å². The molecule has 0 atom stereocenters. The van der Waals surface area contributed by atoms with E-state index in [0.717, 1.165) is 143 Å². The Morgan fingerprint density at radius 3 is 0.714 bits per heavy atom. The van der Waals surface area contributed by atoms with Crippen LogP contribution in [0.4, 0.5) is 0 Å². The van der Waals surface area contributed by atoms with Gasteiger partial charge in [0.1, 0.15) is 44.7 Å². The lowest BCUT2D eigenvalue weighted by Crippen LogP contribution is -2.29. The van der Waals surface area contributed by atoms with Gasteiger partial charge in [-0.1, -0.05) is 352 Å². The molecule has 0 fully saturated rings. The summed E-state index contributed by atoms with van der Waals surface area (Å²) in [5.41, 5.74) is 34.4. The Kier molecular flexibility index (Phi) is 14.9. The third-order valence-corrected chi connectivity index (χ3v) is 26.8. The van der Waals surface area contributed by atoms with Crippen molar-refractivity contribution in [3.63, 3.8) is 0 Å². The molecular weight excluding hydrogens is 1540 g/mol. The predicted molar refractivity (Wildman–Crippen MR) is 505 cm³/mol. The van der Waals surface area contributed by atoms with Gasteiger partial charge < -0.3 is 17.7 Å². The van der Waals surface area contributed by atoms with Crippen molar-refractivity contribution in [3.8, 4) is 135 Å². The topological polar surface area (TPSA) is 130 Å². The second-order valence-corrected chi connectivity index (χ2v) is 33.0. The van der Waals surface area contributed by atoms with E-state index < -0.39 is 10.8 Å². The molecule has 0 saturated carbocycles. The number of benzene rings is 18. The molecule has 28 rings (SSSR count). The normalized spacial score (nSPS) is 13.2. The molecule has 0 amide bonds. The molecule has 10 nitrogen and oxygen atoms in total. The number of para-hydroxylation sites is 6. The molecule has 2 spiro atoms. The lowest BCUT2D eigenvalue weighted by atomic mass is 9.66. The van der Waals surface area contributed by atoms with Crippen LogP contribution in [0.15, 0.2) is 418 Å². The van der Waals surface area contributed by atoms with E-state index >= 15 is 0 Å². The molecule has 0 saturated heterocycles. The molecule has 0 radical (unpaired) electrons. The van der Waals surface area contributed by atoms with Gasteiger partial charge in [-0.15, -0.1) is 0 Å². The summed E-state index contributed by atoms with van der Waals surface area (Å²) in [6.07, 6.45) is 0. The molecule has 0 N–H and O–H groups in total. The van der Waals surface area contributed by atoms with E-state index in [2.05, 4.69) is 291 Å². The molecule has 126 heavy (non-hydrogen) atoms. The average Bonchev–Trinajstić information content (AvgIpc) is 1.52. The number of rotatable bonds is 6. The third kappa shape index (κ3) is 9.80. The van der Waals surface area contributed by atoms with Crippen molar-refractivity contribution in [1.29, 1.82) is 0 Å². The third-order valence-electron chi connectivity index (χ3n) is 26.8. The van der Waals surface area contributed by atoms with E-state index in [1.807, 2.05) is 109 Å². The van der Waals surface area contributed by atoms with Crippen molar-refractivity contribution in [2.45, 2.75) is 10.8 Å². The minimum Gasteiger partial charge on any atom is -0.456 e. The molecule has 10 heteroatoms. The average molecular weight is 1610 g/mol. The number of fused-ring (bicyclic) bond motifs is 36. The van der Waals surface area contributed by atoms with Crippen LogP contribution in [0.3, 0.4) is 0 Å². The molecule has 4 aliphatic carbocycles. The summed E-state index contributed by atoms with van der Waals surface area (Å²) in [5.74, 6) is 3.33. The van der Waals surface area contributed by atoms with Gasteiger partial charge in [0, 0.05) is 65.3 Å². The van der Waals surface area contributed by atoms with E-state index in [9.17, 15) is 0 Å². The summed E-state index contributed by atoms with van der Waals surface area (Å²) >= 11 is 0. The molecule has 4 aliphatic rings. The number of aromatic nitrogens is 6. The molecule has 24 aromatic rings. The maximum atomic E-state index is 6.62. The van der Waals surface area contributed by atoms with E-state index in [-0.39, 0.29) is 0 Å². The summed E-state index contributed by atoms with van der Waals surface area (Å²) < 4.78 is 26.1. The summed E-state index contributed by atoms with van der Waals surface area (Å²) in [5, 5.41) is 8.07. The first-order valence-corrected chi connectivity index (χ1v) is 42.7. The van der Waals surface area contributed by atoms with Crippen molar-refractivity contribution >= 4 is 87.8 Å². The van der Waals surface area contributed by atoms with Gasteiger partial charge in [0.2, 0.25) is 0 Å². The zero-order chi connectivity index (χ0) is 82.5. The quantitative estimate of drug-likeness (QED) is 0.159. The second-order valence-electron chi connectivity index (χ2n) is 33.0. The van der Waals surface area contributed by atoms with Gasteiger partial charge in [-0.3, -0.25) is 0 Å². The fourth-order valence-electron chi connectivity index (χ4n) is 21.8. The summed E-state index contributed by atoms with van der Waals surface area (Å²) in [7, 11) is 0. The van der Waals surface area contributed by atoms with Crippen LogP contribution in [-0.2, 0) is 10.8 Å².